The van der Waals surface area contributed by atoms with Crippen molar-refractivity contribution in [1.82, 2.24) is 15.1 Å². The number of para-hydroxylation sites is 2. The minimum Gasteiger partial charge on any atom is -0.383 e. The van der Waals surface area contributed by atoms with Gasteiger partial charge in [-0.3, -0.25) is 4.79 Å². The molecule has 2 aromatic rings. The molecular weight excluding hydrogens is 316 g/mol. The number of nitrogens with zero attached hydrogens (tertiary/aromatic N) is 2. The Morgan fingerprint density at radius 2 is 2.04 bits per heavy atom. The number of carbonyl (C=O) groups excluding carboxylic acids is 1. The number of halogens is 1. The van der Waals surface area contributed by atoms with Gasteiger partial charge in [0.2, 0.25) is 5.91 Å². The number of hydrogen-bond acceptors (Lipinski definition) is 4. The number of methoxy groups -OCH3 is 1. The number of amides is 1. The summed E-state index contributed by atoms with van der Waals surface area (Å²) in [5.74, 6) is -0.0925. The zero-order valence-corrected chi connectivity index (χ0v) is 14.4. The van der Waals surface area contributed by atoms with Gasteiger partial charge in [-0.25, -0.2) is 4.68 Å². The van der Waals surface area contributed by atoms with Gasteiger partial charge in [0.15, 0.2) is 0 Å². The van der Waals surface area contributed by atoms with Gasteiger partial charge in [0.25, 0.3) is 0 Å². The van der Waals surface area contributed by atoms with E-state index in [1.54, 1.807) is 7.11 Å². The van der Waals surface area contributed by atoms with E-state index in [0.717, 1.165) is 22.8 Å². The third kappa shape index (κ3) is 5.35. The molecule has 1 aromatic carbocycles. The summed E-state index contributed by atoms with van der Waals surface area (Å²) in [6.45, 7) is 5.41. The molecule has 7 heteroatoms. The van der Waals surface area contributed by atoms with Gasteiger partial charge in [-0.1, -0.05) is 12.1 Å². The van der Waals surface area contributed by atoms with Crippen molar-refractivity contribution in [3.05, 3.63) is 41.7 Å². The van der Waals surface area contributed by atoms with Crippen molar-refractivity contribution in [2.75, 3.05) is 32.1 Å². The Morgan fingerprint density at radius 3 is 2.70 bits per heavy atom. The molecule has 23 heavy (non-hydrogen) atoms. The van der Waals surface area contributed by atoms with Crippen LogP contribution >= 0.6 is 12.4 Å². The predicted molar refractivity (Wildman–Crippen MR) is 93.7 cm³/mol. The molecule has 0 aliphatic rings. The molecule has 1 aromatic heterocycles. The largest absolute Gasteiger partial charge is 0.383 e. The molecule has 1 heterocycles. The second-order valence-electron chi connectivity index (χ2n) is 5.07. The molecule has 0 aliphatic heterocycles. The first kappa shape index (κ1) is 19.2. The molecule has 1 amide bonds. The Labute approximate surface area is 142 Å². The lowest BCUT2D eigenvalue weighted by atomic mass is 10.2. The molecule has 0 bridgehead atoms. The lowest BCUT2D eigenvalue weighted by Crippen LogP contribution is -2.30. The molecule has 0 radical (unpaired) electrons. The van der Waals surface area contributed by atoms with Crippen molar-refractivity contribution in [2.45, 2.75) is 13.8 Å². The van der Waals surface area contributed by atoms with E-state index in [9.17, 15) is 4.79 Å². The van der Waals surface area contributed by atoms with E-state index in [1.807, 2.05) is 48.9 Å². The van der Waals surface area contributed by atoms with E-state index in [4.69, 9.17) is 4.74 Å². The van der Waals surface area contributed by atoms with Crippen LogP contribution in [0.1, 0.15) is 11.4 Å². The number of rotatable bonds is 7. The first-order valence-electron chi connectivity index (χ1n) is 7.24. The van der Waals surface area contributed by atoms with Crippen LogP contribution in [0.4, 0.5) is 5.69 Å². The van der Waals surface area contributed by atoms with Gasteiger partial charge in [-0.2, -0.15) is 5.10 Å². The van der Waals surface area contributed by atoms with Crippen LogP contribution in [0, 0.1) is 13.8 Å². The molecular formula is C16H23ClN4O2. The predicted octanol–water partition coefficient (Wildman–Crippen LogP) is 2.09. The smallest absolute Gasteiger partial charge is 0.238 e. The van der Waals surface area contributed by atoms with Crippen LogP contribution in [0.3, 0.4) is 0 Å². The van der Waals surface area contributed by atoms with Gasteiger partial charge < -0.3 is 15.4 Å². The van der Waals surface area contributed by atoms with E-state index in [-0.39, 0.29) is 24.9 Å². The van der Waals surface area contributed by atoms with Gasteiger partial charge in [-0.15, -0.1) is 12.4 Å². The molecule has 0 fully saturated rings. The van der Waals surface area contributed by atoms with Crippen molar-refractivity contribution < 1.29 is 9.53 Å². The Kier molecular flexibility index (Phi) is 7.74. The van der Waals surface area contributed by atoms with E-state index >= 15 is 0 Å². The third-order valence-electron chi connectivity index (χ3n) is 3.18. The maximum atomic E-state index is 12.0. The van der Waals surface area contributed by atoms with Gasteiger partial charge in [0.1, 0.15) is 0 Å². The van der Waals surface area contributed by atoms with E-state index in [1.165, 1.54) is 0 Å². The van der Waals surface area contributed by atoms with E-state index < -0.39 is 0 Å². The fraction of sp³-hybridized carbons (Fsp3) is 0.375. The minimum absolute atomic E-state index is 0. The summed E-state index contributed by atoms with van der Waals surface area (Å²) in [4.78, 5) is 12.0. The van der Waals surface area contributed by atoms with Crippen LogP contribution in [0.15, 0.2) is 30.3 Å². The molecule has 6 nitrogen and oxygen atoms in total. The number of aromatic nitrogens is 2. The molecule has 0 atom stereocenters. The number of ether oxygens (including phenoxy) is 1. The quantitative estimate of drug-likeness (QED) is 0.758. The maximum absolute atomic E-state index is 12.0. The Morgan fingerprint density at radius 1 is 1.30 bits per heavy atom. The van der Waals surface area contributed by atoms with Crippen molar-refractivity contribution in [3.8, 4) is 5.69 Å². The van der Waals surface area contributed by atoms with E-state index in [2.05, 4.69) is 15.7 Å². The third-order valence-corrected chi connectivity index (χ3v) is 3.18. The molecule has 0 spiro atoms. The van der Waals surface area contributed by atoms with Crippen LogP contribution in [-0.2, 0) is 9.53 Å². The first-order chi connectivity index (χ1) is 10.6. The molecule has 2 N–H and O–H groups in total. The second-order valence-corrected chi connectivity index (χ2v) is 5.07. The summed E-state index contributed by atoms with van der Waals surface area (Å²) in [6.07, 6.45) is 0. The summed E-state index contributed by atoms with van der Waals surface area (Å²) in [6, 6.07) is 9.64. The molecule has 2 rings (SSSR count). The Hall–Kier alpha value is -1.89. The number of hydrogen-bond donors (Lipinski definition) is 2. The summed E-state index contributed by atoms with van der Waals surface area (Å²) in [5.41, 5.74) is 3.57. The van der Waals surface area contributed by atoms with Gasteiger partial charge in [-0.05, 0) is 32.0 Å². The number of nitrogens with one attached hydrogen (secondary N) is 2. The number of aryl methyl sites for hydroxylation is 2. The Bertz CT molecular complexity index is 643. The SMILES string of the molecule is COCCNCC(=O)Nc1ccccc1-n1nc(C)cc1C.Cl. The average Bonchev–Trinajstić information content (AvgIpc) is 2.83. The highest BCUT2D eigenvalue weighted by atomic mass is 35.5. The van der Waals surface area contributed by atoms with Crippen LogP contribution in [0.5, 0.6) is 0 Å². The highest BCUT2D eigenvalue weighted by Gasteiger charge is 2.10. The molecule has 0 aliphatic carbocycles. The number of benzene rings is 1. The van der Waals surface area contributed by atoms with Crippen molar-refractivity contribution in [2.24, 2.45) is 0 Å². The second kappa shape index (κ2) is 9.29. The molecule has 0 saturated carbocycles. The normalized spacial score (nSPS) is 10.2. The van der Waals surface area contributed by atoms with Crippen LogP contribution in [-0.4, -0.2) is 42.5 Å². The topological polar surface area (TPSA) is 68.2 Å². The van der Waals surface area contributed by atoms with Crippen molar-refractivity contribution in [3.63, 3.8) is 0 Å². The average molecular weight is 339 g/mol. The van der Waals surface area contributed by atoms with Crippen LogP contribution in [0.25, 0.3) is 5.69 Å². The van der Waals surface area contributed by atoms with Gasteiger partial charge >= 0.3 is 0 Å². The highest BCUT2D eigenvalue weighted by Crippen LogP contribution is 2.21. The van der Waals surface area contributed by atoms with Crippen LogP contribution in [0.2, 0.25) is 0 Å². The zero-order valence-electron chi connectivity index (χ0n) is 13.6. The lowest BCUT2D eigenvalue weighted by molar-refractivity contribution is -0.115. The monoisotopic (exact) mass is 338 g/mol. The standard InChI is InChI=1S/C16H22N4O2.ClH/c1-12-10-13(2)20(19-12)15-7-5-4-6-14(15)18-16(21)11-17-8-9-22-3;/h4-7,10,17H,8-9,11H2,1-3H3,(H,18,21);1H. The van der Waals surface area contributed by atoms with E-state index in [0.29, 0.717) is 13.2 Å². The number of carbonyl (C=O) groups is 1. The maximum Gasteiger partial charge on any atom is 0.238 e. The summed E-state index contributed by atoms with van der Waals surface area (Å²) >= 11 is 0. The first-order valence-corrected chi connectivity index (χ1v) is 7.24. The van der Waals surface area contributed by atoms with Gasteiger partial charge in [0, 0.05) is 19.3 Å². The zero-order chi connectivity index (χ0) is 15.9. The highest BCUT2D eigenvalue weighted by molar-refractivity contribution is 5.94. The molecule has 0 saturated heterocycles. The lowest BCUT2D eigenvalue weighted by Gasteiger charge is -2.12. The fourth-order valence-corrected chi connectivity index (χ4v) is 2.21. The van der Waals surface area contributed by atoms with Gasteiger partial charge in [0.05, 0.1) is 30.2 Å². The van der Waals surface area contributed by atoms with Crippen molar-refractivity contribution in [1.29, 1.82) is 0 Å². The molecule has 126 valence electrons. The number of anilines is 1. The summed E-state index contributed by atoms with van der Waals surface area (Å²) < 4.78 is 6.77. The summed E-state index contributed by atoms with van der Waals surface area (Å²) in [7, 11) is 1.63. The molecule has 0 unspecified atom stereocenters. The minimum atomic E-state index is -0.0925. The summed E-state index contributed by atoms with van der Waals surface area (Å²) in [5, 5.41) is 10.4. The fourth-order valence-electron chi connectivity index (χ4n) is 2.21. The van der Waals surface area contributed by atoms with Crippen molar-refractivity contribution >= 4 is 24.0 Å². The Balaban J connectivity index is 0.00000264. The van der Waals surface area contributed by atoms with Crippen LogP contribution < -0.4 is 10.6 Å².